The summed E-state index contributed by atoms with van der Waals surface area (Å²) in [5.74, 6) is 1.03. The maximum atomic E-state index is 12.8. The van der Waals surface area contributed by atoms with Crippen molar-refractivity contribution in [1.29, 1.82) is 0 Å². The minimum absolute atomic E-state index is 0.216. The van der Waals surface area contributed by atoms with E-state index >= 15 is 0 Å². The number of aromatic nitrogens is 1. The first kappa shape index (κ1) is 18.7. The summed E-state index contributed by atoms with van der Waals surface area (Å²) >= 11 is 0. The highest BCUT2D eigenvalue weighted by atomic mass is 16.5. The predicted molar refractivity (Wildman–Crippen MR) is 105 cm³/mol. The Morgan fingerprint density at radius 3 is 2.30 bits per heavy atom. The van der Waals surface area contributed by atoms with Gasteiger partial charge >= 0.3 is 0 Å². The molecule has 2 aromatic carbocycles. The number of carbonyl (C=O) groups excluding carboxylic acids is 1. The van der Waals surface area contributed by atoms with Crippen LogP contribution >= 0.6 is 0 Å². The first-order valence-corrected chi connectivity index (χ1v) is 8.89. The molecule has 0 unspecified atom stereocenters. The van der Waals surface area contributed by atoms with Crippen LogP contribution in [0, 0.1) is 34.6 Å². The number of anilines is 1. The number of benzene rings is 2. The van der Waals surface area contributed by atoms with Crippen molar-refractivity contribution in [3.63, 3.8) is 0 Å². The fourth-order valence-corrected chi connectivity index (χ4v) is 3.10. The van der Waals surface area contributed by atoms with Crippen molar-refractivity contribution in [3.8, 4) is 5.75 Å². The van der Waals surface area contributed by atoms with E-state index in [1.807, 2.05) is 58.0 Å². The maximum absolute atomic E-state index is 12.8. The Labute approximate surface area is 159 Å². The first-order chi connectivity index (χ1) is 12.8. The van der Waals surface area contributed by atoms with E-state index in [0.29, 0.717) is 11.3 Å². The molecule has 0 radical (unpaired) electrons. The van der Waals surface area contributed by atoms with E-state index < -0.39 is 0 Å². The Morgan fingerprint density at radius 2 is 1.67 bits per heavy atom. The fourth-order valence-electron chi connectivity index (χ4n) is 3.10. The van der Waals surface area contributed by atoms with Gasteiger partial charge in [-0.25, -0.2) is 0 Å². The molecule has 3 aromatic rings. The highest BCUT2D eigenvalue weighted by Gasteiger charge is 2.21. The second-order valence-electron chi connectivity index (χ2n) is 6.90. The van der Waals surface area contributed by atoms with E-state index in [2.05, 4.69) is 16.5 Å². The summed E-state index contributed by atoms with van der Waals surface area (Å²) in [6.07, 6.45) is 0. The van der Waals surface area contributed by atoms with Crippen LogP contribution in [-0.2, 0) is 6.61 Å². The molecule has 5 nitrogen and oxygen atoms in total. The highest BCUT2D eigenvalue weighted by molar-refractivity contribution is 6.04. The van der Waals surface area contributed by atoms with E-state index in [1.54, 1.807) is 6.92 Å². The molecular weight excluding hydrogens is 340 g/mol. The molecule has 27 heavy (non-hydrogen) atoms. The van der Waals surface area contributed by atoms with Crippen LogP contribution < -0.4 is 10.1 Å². The maximum Gasteiger partial charge on any atom is 0.278 e. The number of carbonyl (C=O) groups is 1. The average Bonchev–Trinajstić information content (AvgIpc) is 2.96. The zero-order valence-electron chi connectivity index (χ0n) is 16.3. The summed E-state index contributed by atoms with van der Waals surface area (Å²) in [4.78, 5) is 12.8. The minimum atomic E-state index is -0.303. The SMILES string of the molecule is Cc1cc(C)cc(OCc2c(C(=O)Nc3c(C)cccc3C)noc2C)c1. The van der Waals surface area contributed by atoms with Crippen molar-refractivity contribution < 1.29 is 14.1 Å². The second-order valence-corrected chi connectivity index (χ2v) is 6.90. The van der Waals surface area contributed by atoms with Gasteiger partial charge in [0.05, 0.1) is 5.56 Å². The van der Waals surface area contributed by atoms with Gasteiger partial charge in [0.2, 0.25) is 0 Å². The largest absolute Gasteiger partial charge is 0.489 e. The highest BCUT2D eigenvalue weighted by Crippen LogP contribution is 2.23. The van der Waals surface area contributed by atoms with E-state index in [9.17, 15) is 4.79 Å². The number of nitrogens with zero attached hydrogens (tertiary/aromatic N) is 1. The first-order valence-electron chi connectivity index (χ1n) is 8.89. The lowest BCUT2D eigenvalue weighted by Gasteiger charge is -2.11. The molecule has 0 saturated heterocycles. The number of rotatable bonds is 5. The molecule has 0 bridgehead atoms. The van der Waals surface area contributed by atoms with Gasteiger partial charge in [-0.15, -0.1) is 0 Å². The molecule has 3 rings (SSSR count). The molecular formula is C22H24N2O3. The van der Waals surface area contributed by atoms with Crippen molar-refractivity contribution >= 4 is 11.6 Å². The van der Waals surface area contributed by atoms with Crippen molar-refractivity contribution in [2.75, 3.05) is 5.32 Å². The van der Waals surface area contributed by atoms with Gasteiger partial charge in [0.25, 0.3) is 5.91 Å². The monoisotopic (exact) mass is 364 g/mol. The van der Waals surface area contributed by atoms with Gasteiger partial charge in [-0.2, -0.15) is 0 Å². The van der Waals surface area contributed by atoms with Crippen molar-refractivity contribution in [2.45, 2.75) is 41.2 Å². The van der Waals surface area contributed by atoms with E-state index in [-0.39, 0.29) is 18.2 Å². The number of hydrogen-bond acceptors (Lipinski definition) is 4. The van der Waals surface area contributed by atoms with Crippen LogP contribution in [0.2, 0.25) is 0 Å². The van der Waals surface area contributed by atoms with Crippen LogP contribution in [-0.4, -0.2) is 11.1 Å². The predicted octanol–water partition coefficient (Wildman–Crippen LogP) is 5.05. The van der Waals surface area contributed by atoms with Gasteiger partial charge in [0.15, 0.2) is 5.69 Å². The fraction of sp³-hybridized carbons (Fsp3) is 0.273. The quantitative estimate of drug-likeness (QED) is 0.688. The smallest absolute Gasteiger partial charge is 0.278 e. The second kappa shape index (κ2) is 7.66. The molecule has 1 aromatic heterocycles. The molecule has 140 valence electrons. The summed E-state index contributed by atoms with van der Waals surface area (Å²) in [5.41, 5.74) is 5.94. The summed E-state index contributed by atoms with van der Waals surface area (Å²) in [5, 5.41) is 6.90. The molecule has 1 heterocycles. The van der Waals surface area contributed by atoms with E-state index in [1.165, 1.54) is 0 Å². The molecule has 0 spiro atoms. The van der Waals surface area contributed by atoms with Crippen molar-refractivity contribution in [1.82, 2.24) is 5.16 Å². The molecule has 0 saturated carbocycles. The Morgan fingerprint density at radius 1 is 1.04 bits per heavy atom. The lowest BCUT2D eigenvalue weighted by molar-refractivity contribution is 0.101. The number of nitrogens with one attached hydrogen (secondary N) is 1. The Kier molecular flexibility index (Phi) is 5.31. The molecule has 1 N–H and O–H groups in total. The van der Waals surface area contributed by atoms with Crippen LogP contribution in [0.1, 0.15) is 44.1 Å². The third-order valence-electron chi connectivity index (χ3n) is 4.50. The summed E-state index contributed by atoms with van der Waals surface area (Å²) in [6, 6.07) is 11.9. The van der Waals surface area contributed by atoms with Gasteiger partial charge in [-0.1, -0.05) is 29.4 Å². The Hall–Kier alpha value is -3.08. The standard InChI is InChI=1S/C22H24N2O3/c1-13-9-14(2)11-18(10-13)26-12-19-17(5)27-24-21(19)22(25)23-20-15(3)7-6-8-16(20)4/h6-11H,12H2,1-5H3,(H,23,25). The van der Waals surface area contributed by atoms with Gasteiger partial charge in [-0.3, -0.25) is 4.79 Å². The van der Waals surface area contributed by atoms with Crippen LogP contribution in [0.15, 0.2) is 40.9 Å². The van der Waals surface area contributed by atoms with Crippen molar-refractivity contribution in [2.24, 2.45) is 0 Å². The molecule has 0 aliphatic heterocycles. The lowest BCUT2D eigenvalue weighted by Crippen LogP contribution is -2.16. The lowest BCUT2D eigenvalue weighted by atomic mass is 10.1. The van der Waals surface area contributed by atoms with E-state index in [4.69, 9.17) is 9.26 Å². The molecule has 5 heteroatoms. The van der Waals surface area contributed by atoms with Gasteiger partial charge in [0, 0.05) is 5.69 Å². The van der Waals surface area contributed by atoms with Gasteiger partial charge < -0.3 is 14.6 Å². The molecule has 0 fully saturated rings. The molecule has 1 amide bonds. The van der Waals surface area contributed by atoms with Crippen molar-refractivity contribution in [3.05, 3.63) is 75.7 Å². The van der Waals surface area contributed by atoms with Gasteiger partial charge in [0.1, 0.15) is 18.1 Å². The summed E-state index contributed by atoms with van der Waals surface area (Å²) in [6.45, 7) is 9.96. The topological polar surface area (TPSA) is 64.4 Å². The third-order valence-corrected chi connectivity index (χ3v) is 4.50. The summed E-state index contributed by atoms with van der Waals surface area (Å²) < 4.78 is 11.2. The normalized spacial score (nSPS) is 10.7. The van der Waals surface area contributed by atoms with Crippen LogP contribution in [0.3, 0.4) is 0 Å². The zero-order valence-corrected chi connectivity index (χ0v) is 16.3. The number of aryl methyl sites for hydroxylation is 5. The van der Waals surface area contributed by atoms with Gasteiger partial charge in [-0.05, 0) is 69.0 Å². The Bertz CT molecular complexity index is 949. The van der Waals surface area contributed by atoms with E-state index in [0.717, 1.165) is 33.7 Å². The van der Waals surface area contributed by atoms with Crippen LogP contribution in [0.5, 0.6) is 5.75 Å². The third kappa shape index (κ3) is 4.19. The molecule has 0 aliphatic carbocycles. The zero-order chi connectivity index (χ0) is 19.6. The number of amides is 1. The van der Waals surface area contributed by atoms with Crippen LogP contribution in [0.25, 0.3) is 0 Å². The number of ether oxygens (including phenoxy) is 1. The number of hydrogen-bond donors (Lipinski definition) is 1. The molecule has 0 aliphatic rings. The summed E-state index contributed by atoms with van der Waals surface area (Å²) in [7, 11) is 0. The van der Waals surface area contributed by atoms with Crippen LogP contribution in [0.4, 0.5) is 5.69 Å². The molecule has 0 atom stereocenters. The Balaban J connectivity index is 1.80. The number of para-hydroxylation sites is 1. The average molecular weight is 364 g/mol. The minimum Gasteiger partial charge on any atom is -0.489 e.